The Balaban J connectivity index is 2.52. The molecular weight excluding hydrogens is 300 g/mol. The quantitative estimate of drug-likeness (QED) is 0.902. The Morgan fingerprint density at radius 2 is 1.78 bits per heavy atom. The first-order chi connectivity index (χ1) is 8.63. The number of rotatable bonds is 3. The van der Waals surface area contributed by atoms with Crippen molar-refractivity contribution in [2.24, 2.45) is 0 Å². The Bertz CT molecular complexity index is 557. The highest BCUT2D eigenvalue weighted by Crippen LogP contribution is 2.30. The summed E-state index contributed by atoms with van der Waals surface area (Å²) < 4.78 is 27.9. The van der Waals surface area contributed by atoms with Gasteiger partial charge in [-0.2, -0.15) is 0 Å². The summed E-state index contributed by atoms with van der Waals surface area (Å²) in [4.78, 5) is 0. The first kappa shape index (κ1) is 13.2. The molecule has 0 radical (unpaired) electrons. The van der Waals surface area contributed by atoms with Crippen LogP contribution >= 0.6 is 15.9 Å². The fourth-order valence-electron chi connectivity index (χ4n) is 1.92. The van der Waals surface area contributed by atoms with E-state index in [0.29, 0.717) is 11.1 Å². The van der Waals surface area contributed by atoms with Crippen LogP contribution in [0.1, 0.15) is 17.2 Å². The van der Waals surface area contributed by atoms with E-state index >= 15 is 0 Å². The summed E-state index contributed by atoms with van der Waals surface area (Å²) in [6.45, 7) is 0. The van der Waals surface area contributed by atoms with E-state index < -0.39 is 6.04 Å². The van der Waals surface area contributed by atoms with Crippen molar-refractivity contribution in [3.05, 3.63) is 69.7 Å². The summed E-state index contributed by atoms with van der Waals surface area (Å²) in [6, 6.07) is 10.5. The normalized spacial score (nSPS) is 12.4. The van der Waals surface area contributed by atoms with E-state index in [0.717, 1.165) is 4.47 Å². The minimum Gasteiger partial charge on any atom is -0.309 e. The van der Waals surface area contributed by atoms with Crippen LogP contribution in [-0.4, -0.2) is 7.05 Å². The van der Waals surface area contributed by atoms with Gasteiger partial charge in [-0.1, -0.05) is 34.1 Å². The Kier molecular flexibility index (Phi) is 4.09. The molecule has 0 amide bonds. The zero-order valence-electron chi connectivity index (χ0n) is 9.75. The number of halogens is 3. The molecular formula is C14H12BrF2N. The van der Waals surface area contributed by atoms with E-state index in [4.69, 9.17) is 0 Å². The van der Waals surface area contributed by atoms with Gasteiger partial charge in [0.1, 0.15) is 11.6 Å². The summed E-state index contributed by atoms with van der Waals surface area (Å²) in [5.41, 5.74) is 1.16. The van der Waals surface area contributed by atoms with Gasteiger partial charge in [0.05, 0.1) is 6.04 Å². The molecule has 94 valence electrons. The summed E-state index contributed by atoms with van der Waals surface area (Å²) >= 11 is 3.36. The van der Waals surface area contributed by atoms with Crippen LogP contribution in [0.5, 0.6) is 0 Å². The molecule has 18 heavy (non-hydrogen) atoms. The minimum absolute atomic E-state index is 0.312. The SMILES string of the molecule is CNC(c1ccccc1F)c1cc(F)ccc1Br. The molecule has 2 aromatic rings. The van der Waals surface area contributed by atoms with Crippen molar-refractivity contribution in [3.63, 3.8) is 0 Å². The van der Waals surface area contributed by atoms with Crippen molar-refractivity contribution in [1.82, 2.24) is 5.32 Å². The minimum atomic E-state index is -0.392. The average Bonchev–Trinajstić information content (AvgIpc) is 2.36. The smallest absolute Gasteiger partial charge is 0.128 e. The lowest BCUT2D eigenvalue weighted by Crippen LogP contribution is -2.19. The van der Waals surface area contributed by atoms with Gasteiger partial charge in [-0.3, -0.25) is 0 Å². The van der Waals surface area contributed by atoms with E-state index in [1.54, 1.807) is 31.3 Å². The zero-order valence-corrected chi connectivity index (χ0v) is 11.3. The van der Waals surface area contributed by atoms with Crippen LogP contribution in [0.25, 0.3) is 0 Å². The van der Waals surface area contributed by atoms with Crippen molar-refractivity contribution in [2.75, 3.05) is 7.05 Å². The van der Waals surface area contributed by atoms with Gasteiger partial charge in [-0.15, -0.1) is 0 Å². The van der Waals surface area contributed by atoms with E-state index in [2.05, 4.69) is 21.2 Å². The van der Waals surface area contributed by atoms with Gasteiger partial charge < -0.3 is 5.32 Å². The van der Waals surface area contributed by atoms with E-state index in [-0.39, 0.29) is 11.6 Å². The molecule has 0 aliphatic carbocycles. The molecule has 0 aliphatic rings. The lowest BCUT2D eigenvalue weighted by Gasteiger charge is -2.19. The molecule has 1 atom stereocenters. The van der Waals surface area contributed by atoms with Gasteiger partial charge in [-0.05, 0) is 36.9 Å². The number of nitrogens with one attached hydrogen (secondary N) is 1. The first-order valence-corrected chi connectivity index (χ1v) is 6.29. The third-order valence-corrected chi connectivity index (χ3v) is 3.50. The van der Waals surface area contributed by atoms with Gasteiger partial charge in [0.2, 0.25) is 0 Å². The van der Waals surface area contributed by atoms with Crippen molar-refractivity contribution in [3.8, 4) is 0 Å². The third kappa shape index (κ3) is 2.60. The molecule has 1 N–H and O–H groups in total. The average molecular weight is 312 g/mol. The maximum Gasteiger partial charge on any atom is 0.128 e. The molecule has 0 fully saturated rings. The van der Waals surface area contributed by atoms with Crippen molar-refractivity contribution in [2.45, 2.75) is 6.04 Å². The largest absolute Gasteiger partial charge is 0.309 e. The molecule has 2 aromatic carbocycles. The Hall–Kier alpha value is -1.26. The molecule has 1 unspecified atom stereocenters. The molecule has 4 heteroatoms. The first-order valence-electron chi connectivity index (χ1n) is 5.50. The molecule has 0 aromatic heterocycles. The van der Waals surface area contributed by atoms with Crippen LogP contribution in [0, 0.1) is 11.6 Å². The van der Waals surface area contributed by atoms with Crippen LogP contribution in [0.15, 0.2) is 46.9 Å². The highest BCUT2D eigenvalue weighted by atomic mass is 79.9. The van der Waals surface area contributed by atoms with Gasteiger partial charge >= 0.3 is 0 Å². The summed E-state index contributed by atoms with van der Waals surface area (Å²) in [5, 5.41) is 3.01. The Labute approximate surface area is 113 Å². The monoisotopic (exact) mass is 311 g/mol. The van der Waals surface area contributed by atoms with Crippen LogP contribution in [0.4, 0.5) is 8.78 Å². The molecule has 0 spiro atoms. The molecule has 0 saturated heterocycles. The van der Waals surface area contributed by atoms with E-state index in [1.807, 2.05) is 0 Å². The predicted molar refractivity (Wildman–Crippen MR) is 71.4 cm³/mol. The molecule has 1 nitrogen and oxygen atoms in total. The van der Waals surface area contributed by atoms with Crippen LogP contribution in [-0.2, 0) is 0 Å². The molecule has 0 aliphatic heterocycles. The molecule has 2 rings (SSSR count). The van der Waals surface area contributed by atoms with E-state index in [9.17, 15) is 8.78 Å². The topological polar surface area (TPSA) is 12.0 Å². The maximum absolute atomic E-state index is 13.8. The Morgan fingerprint density at radius 1 is 1.06 bits per heavy atom. The van der Waals surface area contributed by atoms with Crippen LogP contribution in [0.3, 0.4) is 0 Å². The number of benzene rings is 2. The second-order valence-electron chi connectivity index (χ2n) is 3.91. The predicted octanol–water partition coefficient (Wildman–Crippen LogP) is 4.04. The second-order valence-corrected chi connectivity index (χ2v) is 4.76. The van der Waals surface area contributed by atoms with Crippen molar-refractivity contribution in [1.29, 1.82) is 0 Å². The number of hydrogen-bond acceptors (Lipinski definition) is 1. The van der Waals surface area contributed by atoms with Crippen molar-refractivity contribution >= 4 is 15.9 Å². The standard InChI is InChI=1S/C14H12BrF2N/c1-18-14(10-4-2-3-5-13(10)17)11-8-9(16)6-7-12(11)15/h2-8,14,18H,1H3. The summed E-state index contributed by atoms with van der Waals surface area (Å²) in [7, 11) is 1.72. The Morgan fingerprint density at radius 3 is 2.44 bits per heavy atom. The lowest BCUT2D eigenvalue weighted by molar-refractivity contribution is 0.570. The van der Waals surface area contributed by atoms with Crippen molar-refractivity contribution < 1.29 is 8.78 Å². The highest BCUT2D eigenvalue weighted by molar-refractivity contribution is 9.10. The lowest BCUT2D eigenvalue weighted by atomic mass is 9.98. The van der Waals surface area contributed by atoms with E-state index in [1.165, 1.54) is 18.2 Å². The van der Waals surface area contributed by atoms with Gasteiger partial charge in [0.25, 0.3) is 0 Å². The zero-order chi connectivity index (χ0) is 13.1. The third-order valence-electron chi connectivity index (χ3n) is 2.77. The second kappa shape index (κ2) is 5.59. The molecule has 0 bridgehead atoms. The number of hydrogen-bond donors (Lipinski definition) is 1. The molecule has 0 saturated carbocycles. The summed E-state index contributed by atoms with van der Waals surface area (Å²) in [6.07, 6.45) is 0. The fourth-order valence-corrected chi connectivity index (χ4v) is 2.40. The molecule has 0 heterocycles. The maximum atomic E-state index is 13.8. The fraction of sp³-hybridized carbons (Fsp3) is 0.143. The van der Waals surface area contributed by atoms with Gasteiger partial charge in [0.15, 0.2) is 0 Å². The highest BCUT2D eigenvalue weighted by Gasteiger charge is 2.18. The van der Waals surface area contributed by atoms with Gasteiger partial charge in [0, 0.05) is 10.0 Å². The summed E-state index contributed by atoms with van der Waals surface area (Å²) in [5.74, 6) is -0.655. The van der Waals surface area contributed by atoms with Crippen LogP contribution < -0.4 is 5.32 Å². The van der Waals surface area contributed by atoms with Crippen LogP contribution in [0.2, 0.25) is 0 Å². The van der Waals surface area contributed by atoms with Gasteiger partial charge in [-0.25, -0.2) is 8.78 Å².